The van der Waals surface area contributed by atoms with Crippen LogP contribution < -0.4 is 0 Å². The quantitative estimate of drug-likeness (QED) is 0.663. The van der Waals surface area contributed by atoms with Crippen molar-refractivity contribution in [2.24, 2.45) is 0 Å². The van der Waals surface area contributed by atoms with Crippen molar-refractivity contribution in [3.63, 3.8) is 0 Å². The predicted molar refractivity (Wildman–Crippen MR) is 49.5 cm³/mol. The van der Waals surface area contributed by atoms with Gasteiger partial charge >= 0.3 is 0 Å². The first kappa shape index (κ1) is 8.72. The first-order valence-corrected chi connectivity index (χ1v) is 4.60. The van der Waals surface area contributed by atoms with Crippen molar-refractivity contribution in [2.45, 2.75) is 12.5 Å². The minimum Gasteiger partial charge on any atom is -0.383 e. The molecule has 0 bridgehead atoms. The second-order valence-electron chi connectivity index (χ2n) is 3.43. The standard InChI is InChI=1S/C9H15N3O/c1-13-6-9(12-2-3-12)4-8-5-10-7-11-8/h5,7,9H,2-4,6H2,1H3,(H,10,11). The molecule has 0 spiro atoms. The average molecular weight is 181 g/mol. The van der Waals surface area contributed by atoms with Gasteiger partial charge in [-0.05, 0) is 0 Å². The molecule has 2 heterocycles. The van der Waals surface area contributed by atoms with Crippen LogP contribution in [0.3, 0.4) is 0 Å². The van der Waals surface area contributed by atoms with Crippen molar-refractivity contribution in [3.8, 4) is 0 Å². The largest absolute Gasteiger partial charge is 0.383 e. The van der Waals surface area contributed by atoms with E-state index in [9.17, 15) is 0 Å². The number of aromatic nitrogens is 2. The summed E-state index contributed by atoms with van der Waals surface area (Å²) in [6.45, 7) is 3.23. The third-order valence-electron chi connectivity index (χ3n) is 2.37. The van der Waals surface area contributed by atoms with Crippen LogP contribution in [0.15, 0.2) is 12.5 Å². The molecule has 1 atom stereocenters. The van der Waals surface area contributed by atoms with Gasteiger partial charge in [0, 0.05) is 44.6 Å². The number of rotatable bonds is 5. The molecule has 1 aliphatic heterocycles. The fourth-order valence-corrected chi connectivity index (χ4v) is 1.56. The fourth-order valence-electron chi connectivity index (χ4n) is 1.56. The first-order valence-electron chi connectivity index (χ1n) is 4.60. The van der Waals surface area contributed by atoms with Crippen LogP contribution in [0.4, 0.5) is 0 Å². The Hall–Kier alpha value is -0.870. The number of hydrogen-bond acceptors (Lipinski definition) is 3. The summed E-state index contributed by atoms with van der Waals surface area (Å²) in [7, 11) is 1.75. The molecule has 0 saturated carbocycles. The summed E-state index contributed by atoms with van der Waals surface area (Å²) in [5.74, 6) is 0. The highest BCUT2D eigenvalue weighted by atomic mass is 16.5. The normalized spacial score (nSPS) is 18.8. The minimum absolute atomic E-state index is 0.519. The smallest absolute Gasteiger partial charge is 0.0921 e. The minimum atomic E-state index is 0.519. The van der Waals surface area contributed by atoms with E-state index >= 15 is 0 Å². The molecule has 1 aromatic heterocycles. The molecule has 1 aliphatic rings. The van der Waals surface area contributed by atoms with Gasteiger partial charge in [-0.15, -0.1) is 0 Å². The number of hydrogen-bond donors (Lipinski definition) is 1. The van der Waals surface area contributed by atoms with Gasteiger partial charge in [-0.3, -0.25) is 4.90 Å². The Balaban J connectivity index is 1.89. The van der Waals surface area contributed by atoms with E-state index in [2.05, 4.69) is 14.9 Å². The Bertz CT molecular complexity index is 243. The van der Waals surface area contributed by atoms with Gasteiger partial charge in [-0.25, -0.2) is 4.98 Å². The van der Waals surface area contributed by atoms with Gasteiger partial charge in [0.15, 0.2) is 0 Å². The predicted octanol–water partition coefficient (Wildman–Crippen LogP) is 0.283. The summed E-state index contributed by atoms with van der Waals surface area (Å²) in [5, 5.41) is 0. The van der Waals surface area contributed by atoms with Crippen LogP contribution in [0.25, 0.3) is 0 Å². The molecule has 0 aliphatic carbocycles. The molecule has 1 saturated heterocycles. The molecule has 2 rings (SSSR count). The third kappa shape index (κ3) is 2.29. The lowest BCUT2D eigenvalue weighted by atomic mass is 10.2. The molecule has 0 radical (unpaired) electrons. The molecule has 0 amide bonds. The molecule has 1 fully saturated rings. The molecule has 72 valence electrons. The number of imidazole rings is 1. The van der Waals surface area contributed by atoms with Crippen molar-refractivity contribution in [3.05, 3.63) is 18.2 Å². The van der Waals surface area contributed by atoms with E-state index in [4.69, 9.17) is 4.74 Å². The van der Waals surface area contributed by atoms with E-state index in [-0.39, 0.29) is 0 Å². The zero-order chi connectivity index (χ0) is 9.10. The van der Waals surface area contributed by atoms with Crippen molar-refractivity contribution >= 4 is 0 Å². The number of methoxy groups -OCH3 is 1. The summed E-state index contributed by atoms with van der Waals surface area (Å²) in [6, 6.07) is 0.519. The Morgan fingerprint density at radius 2 is 2.54 bits per heavy atom. The lowest BCUT2D eigenvalue weighted by molar-refractivity contribution is 0.143. The summed E-state index contributed by atoms with van der Waals surface area (Å²) in [4.78, 5) is 9.52. The van der Waals surface area contributed by atoms with Crippen LogP contribution in [0.1, 0.15) is 5.69 Å². The summed E-state index contributed by atoms with van der Waals surface area (Å²) >= 11 is 0. The van der Waals surface area contributed by atoms with Crippen LogP contribution in [-0.4, -0.2) is 47.7 Å². The van der Waals surface area contributed by atoms with Gasteiger partial charge < -0.3 is 9.72 Å². The van der Waals surface area contributed by atoms with Crippen LogP contribution in [0.5, 0.6) is 0 Å². The number of H-pyrrole nitrogens is 1. The van der Waals surface area contributed by atoms with Crippen LogP contribution in [0.2, 0.25) is 0 Å². The zero-order valence-electron chi connectivity index (χ0n) is 7.86. The van der Waals surface area contributed by atoms with Crippen molar-refractivity contribution < 1.29 is 4.74 Å². The van der Waals surface area contributed by atoms with Gasteiger partial charge in [0.1, 0.15) is 0 Å². The molecular weight excluding hydrogens is 166 g/mol. The number of ether oxygens (including phenoxy) is 1. The third-order valence-corrected chi connectivity index (χ3v) is 2.37. The van der Waals surface area contributed by atoms with Gasteiger partial charge in [0.25, 0.3) is 0 Å². The van der Waals surface area contributed by atoms with Gasteiger partial charge in [-0.1, -0.05) is 0 Å². The van der Waals surface area contributed by atoms with Gasteiger partial charge in [-0.2, -0.15) is 0 Å². The molecule has 13 heavy (non-hydrogen) atoms. The van der Waals surface area contributed by atoms with E-state index in [1.807, 2.05) is 6.20 Å². The molecule has 4 heteroatoms. The van der Waals surface area contributed by atoms with E-state index in [0.717, 1.165) is 13.0 Å². The molecule has 0 aromatic carbocycles. The highest BCUT2D eigenvalue weighted by Crippen LogP contribution is 2.14. The molecule has 1 aromatic rings. The van der Waals surface area contributed by atoms with Crippen LogP contribution >= 0.6 is 0 Å². The highest BCUT2D eigenvalue weighted by molar-refractivity contribution is 4.99. The summed E-state index contributed by atoms with van der Waals surface area (Å²) in [6.07, 6.45) is 4.61. The summed E-state index contributed by atoms with van der Waals surface area (Å²) in [5.41, 5.74) is 1.19. The van der Waals surface area contributed by atoms with Crippen molar-refractivity contribution in [1.82, 2.24) is 14.9 Å². The first-order chi connectivity index (χ1) is 6.40. The zero-order valence-corrected chi connectivity index (χ0v) is 7.86. The van der Waals surface area contributed by atoms with Crippen molar-refractivity contribution in [1.29, 1.82) is 0 Å². The summed E-state index contributed by atoms with van der Waals surface area (Å²) < 4.78 is 5.18. The Morgan fingerprint density at radius 3 is 3.08 bits per heavy atom. The SMILES string of the molecule is COCC(Cc1cnc[nH]1)N1CC1. The second kappa shape index (κ2) is 3.89. The van der Waals surface area contributed by atoms with E-state index in [0.29, 0.717) is 6.04 Å². The maximum absolute atomic E-state index is 5.18. The molecule has 1 unspecified atom stereocenters. The average Bonchev–Trinajstić information content (AvgIpc) is 2.85. The fraction of sp³-hybridized carbons (Fsp3) is 0.667. The topological polar surface area (TPSA) is 40.9 Å². The lowest BCUT2D eigenvalue weighted by Gasteiger charge is -2.15. The van der Waals surface area contributed by atoms with Gasteiger partial charge in [0.05, 0.1) is 12.9 Å². The Labute approximate surface area is 77.9 Å². The lowest BCUT2D eigenvalue weighted by Crippen LogP contribution is -2.27. The maximum atomic E-state index is 5.18. The van der Waals surface area contributed by atoms with Crippen LogP contribution in [0, 0.1) is 0 Å². The van der Waals surface area contributed by atoms with E-state index < -0.39 is 0 Å². The highest BCUT2D eigenvalue weighted by Gasteiger charge is 2.27. The second-order valence-corrected chi connectivity index (χ2v) is 3.43. The Morgan fingerprint density at radius 1 is 1.69 bits per heavy atom. The molecule has 4 nitrogen and oxygen atoms in total. The monoisotopic (exact) mass is 181 g/mol. The number of nitrogens with one attached hydrogen (secondary N) is 1. The molecule has 1 N–H and O–H groups in total. The maximum Gasteiger partial charge on any atom is 0.0921 e. The van der Waals surface area contributed by atoms with E-state index in [1.54, 1.807) is 13.4 Å². The number of nitrogens with zero attached hydrogens (tertiary/aromatic N) is 2. The number of aromatic amines is 1. The van der Waals surface area contributed by atoms with Gasteiger partial charge in [0.2, 0.25) is 0 Å². The van der Waals surface area contributed by atoms with Crippen LogP contribution in [-0.2, 0) is 11.2 Å². The molecular formula is C9H15N3O. The van der Waals surface area contributed by atoms with Crippen molar-refractivity contribution in [2.75, 3.05) is 26.8 Å². The Kier molecular flexibility index (Phi) is 2.61. The van der Waals surface area contributed by atoms with E-state index in [1.165, 1.54) is 18.8 Å².